The minimum Gasteiger partial charge on any atom is -0.394 e. The molecule has 0 aromatic carbocycles. The van der Waals surface area contributed by atoms with Crippen LogP contribution in [0.1, 0.15) is 45.4 Å². The highest BCUT2D eigenvalue weighted by Gasteiger charge is 2.34. The van der Waals surface area contributed by atoms with Crippen LogP contribution in [0.3, 0.4) is 0 Å². The van der Waals surface area contributed by atoms with E-state index in [9.17, 15) is 9.90 Å². The van der Waals surface area contributed by atoms with E-state index in [1.54, 1.807) is 0 Å². The fraction of sp³-hybridized carbons (Fsp3) is 0.917. The lowest BCUT2D eigenvalue weighted by molar-refractivity contribution is -0.123. The first-order valence-corrected chi connectivity index (χ1v) is 6.22. The SMILES string of the molecule is CCOCCCC(=O)NC1(CO)CCCC1. The average Bonchev–Trinajstić information content (AvgIpc) is 2.74. The van der Waals surface area contributed by atoms with Gasteiger partial charge in [-0.15, -0.1) is 0 Å². The molecule has 16 heavy (non-hydrogen) atoms. The summed E-state index contributed by atoms with van der Waals surface area (Å²) in [4.78, 5) is 11.6. The maximum absolute atomic E-state index is 11.6. The van der Waals surface area contributed by atoms with Crippen molar-refractivity contribution in [1.29, 1.82) is 0 Å². The van der Waals surface area contributed by atoms with Gasteiger partial charge in [0.1, 0.15) is 0 Å². The lowest BCUT2D eigenvalue weighted by atomic mass is 9.98. The third-order valence-corrected chi connectivity index (χ3v) is 3.16. The second-order valence-corrected chi connectivity index (χ2v) is 4.49. The summed E-state index contributed by atoms with van der Waals surface area (Å²) in [5.41, 5.74) is -0.331. The predicted molar refractivity (Wildman–Crippen MR) is 62.2 cm³/mol. The van der Waals surface area contributed by atoms with Crippen molar-refractivity contribution in [3.05, 3.63) is 0 Å². The zero-order chi connectivity index (χ0) is 11.9. The van der Waals surface area contributed by atoms with E-state index in [-0.39, 0.29) is 18.1 Å². The zero-order valence-electron chi connectivity index (χ0n) is 10.1. The number of carbonyl (C=O) groups excluding carboxylic acids is 1. The van der Waals surface area contributed by atoms with Crippen molar-refractivity contribution in [2.45, 2.75) is 51.0 Å². The van der Waals surface area contributed by atoms with Crippen LogP contribution in [0.15, 0.2) is 0 Å². The van der Waals surface area contributed by atoms with E-state index in [0.717, 1.165) is 32.1 Å². The Hall–Kier alpha value is -0.610. The highest BCUT2D eigenvalue weighted by molar-refractivity contribution is 5.76. The Bertz CT molecular complexity index is 212. The van der Waals surface area contributed by atoms with Crippen LogP contribution in [0.5, 0.6) is 0 Å². The van der Waals surface area contributed by atoms with Crippen LogP contribution in [0, 0.1) is 0 Å². The van der Waals surface area contributed by atoms with Crippen LogP contribution < -0.4 is 5.32 Å². The molecule has 1 amide bonds. The summed E-state index contributed by atoms with van der Waals surface area (Å²) in [6.07, 6.45) is 5.24. The van der Waals surface area contributed by atoms with Crippen LogP contribution in [-0.4, -0.2) is 36.4 Å². The third kappa shape index (κ3) is 4.10. The highest BCUT2D eigenvalue weighted by Crippen LogP contribution is 2.29. The van der Waals surface area contributed by atoms with Gasteiger partial charge in [-0.05, 0) is 26.2 Å². The maximum Gasteiger partial charge on any atom is 0.220 e. The molecule has 1 fully saturated rings. The molecule has 1 rings (SSSR count). The van der Waals surface area contributed by atoms with Crippen molar-refractivity contribution in [2.75, 3.05) is 19.8 Å². The largest absolute Gasteiger partial charge is 0.394 e. The molecule has 0 spiro atoms. The van der Waals surface area contributed by atoms with Gasteiger partial charge < -0.3 is 15.2 Å². The van der Waals surface area contributed by atoms with Crippen LogP contribution in [0.25, 0.3) is 0 Å². The van der Waals surface area contributed by atoms with Gasteiger partial charge in [-0.1, -0.05) is 12.8 Å². The standard InChI is InChI=1S/C12H23NO3/c1-2-16-9-5-6-11(15)13-12(10-14)7-3-4-8-12/h14H,2-10H2,1H3,(H,13,15). The number of hydrogen-bond donors (Lipinski definition) is 2. The molecule has 0 aromatic heterocycles. The normalized spacial score (nSPS) is 18.6. The van der Waals surface area contributed by atoms with E-state index in [0.29, 0.717) is 19.6 Å². The first-order valence-electron chi connectivity index (χ1n) is 6.22. The van der Waals surface area contributed by atoms with Gasteiger partial charge in [0.25, 0.3) is 0 Å². The molecule has 1 aliphatic rings. The smallest absolute Gasteiger partial charge is 0.220 e. The first kappa shape index (κ1) is 13.5. The molecule has 4 nitrogen and oxygen atoms in total. The second-order valence-electron chi connectivity index (χ2n) is 4.49. The molecule has 0 aromatic rings. The van der Waals surface area contributed by atoms with Gasteiger partial charge in [0, 0.05) is 19.6 Å². The number of rotatable bonds is 7. The monoisotopic (exact) mass is 229 g/mol. The fourth-order valence-corrected chi connectivity index (χ4v) is 2.21. The Kier molecular flexibility index (Phi) is 5.77. The third-order valence-electron chi connectivity index (χ3n) is 3.16. The molecular formula is C12H23NO3. The molecule has 0 bridgehead atoms. The summed E-state index contributed by atoms with van der Waals surface area (Å²) in [6.45, 7) is 3.34. The molecular weight excluding hydrogens is 206 g/mol. The molecule has 1 aliphatic carbocycles. The molecule has 0 unspecified atom stereocenters. The van der Waals surface area contributed by atoms with Crippen molar-refractivity contribution in [1.82, 2.24) is 5.32 Å². The summed E-state index contributed by atoms with van der Waals surface area (Å²) in [5.74, 6) is 0.0376. The molecule has 4 heteroatoms. The Morgan fingerprint density at radius 2 is 2.12 bits per heavy atom. The van der Waals surface area contributed by atoms with E-state index in [1.807, 2.05) is 6.92 Å². The summed E-state index contributed by atoms with van der Waals surface area (Å²) in [7, 11) is 0. The molecule has 0 atom stereocenters. The Morgan fingerprint density at radius 1 is 1.44 bits per heavy atom. The average molecular weight is 229 g/mol. The first-order chi connectivity index (χ1) is 7.72. The molecule has 0 aliphatic heterocycles. The fourth-order valence-electron chi connectivity index (χ4n) is 2.21. The highest BCUT2D eigenvalue weighted by atomic mass is 16.5. The van der Waals surface area contributed by atoms with E-state index < -0.39 is 0 Å². The quantitative estimate of drug-likeness (QED) is 0.645. The minimum atomic E-state index is -0.331. The molecule has 2 N–H and O–H groups in total. The predicted octanol–water partition coefficient (Wildman–Crippen LogP) is 1.22. The van der Waals surface area contributed by atoms with Crippen molar-refractivity contribution < 1.29 is 14.6 Å². The summed E-state index contributed by atoms with van der Waals surface area (Å²) < 4.78 is 5.18. The lowest BCUT2D eigenvalue weighted by Gasteiger charge is -2.27. The number of aliphatic hydroxyl groups is 1. The maximum atomic E-state index is 11.6. The van der Waals surface area contributed by atoms with Crippen molar-refractivity contribution in [3.8, 4) is 0 Å². The lowest BCUT2D eigenvalue weighted by Crippen LogP contribution is -2.49. The van der Waals surface area contributed by atoms with Gasteiger partial charge in [-0.2, -0.15) is 0 Å². The molecule has 0 saturated heterocycles. The summed E-state index contributed by atoms with van der Waals surface area (Å²) >= 11 is 0. The van der Waals surface area contributed by atoms with E-state index in [2.05, 4.69) is 5.32 Å². The van der Waals surface area contributed by atoms with Gasteiger partial charge >= 0.3 is 0 Å². The van der Waals surface area contributed by atoms with Crippen LogP contribution >= 0.6 is 0 Å². The molecule has 0 radical (unpaired) electrons. The Morgan fingerprint density at radius 3 is 2.69 bits per heavy atom. The number of nitrogens with one attached hydrogen (secondary N) is 1. The van der Waals surface area contributed by atoms with Gasteiger partial charge in [0.15, 0.2) is 0 Å². The van der Waals surface area contributed by atoms with Crippen molar-refractivity contribution >= 4 is 5.91 Å². The number of ether oxygens (including phenoxy) is 1. The number of hydrogen-bond acceptors (Lipinski definition) is 3. The molecule has 1 saturated carbocycles. The zero-order valence-corrected chi connectivity index (χ0v) is 10.1. The van der Waals surface area contributed by atoms with Gasteiger partial charge in [0.2, 0.25) is 5.91 Å². The number of amides is 1. The van der Waals surface area contributed by atoms with Crippen molar-refractivity contribution in [2.24, 2.45) is 0 Å². The van der Waals surface area contributed by atoms with Crippen LogP contribution in [0.2, 0.25) is 0 Å². The number of carbonyl (C=O) groups is 1. The van der Waals surface area contributed by atoms with E-state index >= 15 is 0 Å². The second kappa shape index (κ2) is 6.86. The van der Waals surface area contributed by atoms with Crippen LogP contribution in [-0.2, 0) is 9.53 Å². The molecule has 0 heterocycles. The van der Waals surface area contributed by atoms with Gasteiger partial charge in [-0.25, -0.2) is 0 Å². The van der Waals surface area contributed by atoms with Gasteiger partial charge in [0.05, 0.1) is 12.1 Å². The van der Waals surface area contributed by atoms with Crippen LogP contribution in [0.4, 0.5) is 0 Å². The van der Waals surface area contributed by atoms with Crippen molar-refractivity contribution in [3.63, 3.8) is 0 Å². The Labute approximate surface area is 97.4 Å². The summed E-state index contributed by atoms with van der Waals surface area (Å²) in [6, 6.07) is 0. The Balaban J connectivity index is 2.21. The van der Waals surface area contributed by atoms with E-state index in [4.69, 9.17) is 4.74 Å². The molecule has 94 valence electrons. The summed E-state index contributed by atoms with van der Waals surface area (Å²) in [5, 5.41) is 12.3. The number of aliphatic hydroxyl groups excluding tert-OH is 1. The van der Waals surface area contributed by atoms with Gasteiger partial charge in [-0.3, -0.25) is 4.79 Å². The van der Waals surface area contributed by atoms with E-state index in [1.165, 1.54) is 0 Å². The minimum absolute atomic E-state index is 0.0376. The topological polar surface area (TPSA) is 58.6 Å².